The second-order valence-corrected chi connectivity index (χ2v) is 7.93. The topological polar surface area (TPSA) is 18.5 Å². The summed E-state index contributed by atoms with van der Waals surface area (Å²) in [6.07, 6.45) is 9.79. The van der Waals surface area contributed by atoms with E-state index in [0.717, 1.165) is 30.1 Å². The highest BCUT2D eigenvalue weighted by Gasteiger charge is 2.38. The van der Waals surface area contributed by atoms with Gasteiger partial charge < -0.3 is 10.2 Å². The Morgan fingerprint density at radius 2 is 1.76 bits per heavy atom. The van der Waals surface area contributed by atoms with Gasteiger partial charge in [-0.2, -0.15) is 0 Å². The SMILES string of the molecule is CCC1CCN(C2CC3CCCC(C2)N3C)CC(C)CN1. The standard InChI is InChI=1S/C18H35N3/c1-4-15-8-9-21(13-14(2)12-19-15)18-10-16-6-5-7-17(11-18)20(16)3/h14-19H,4-13H2,1-3H3. The van der Waals surface area contributed by atoms with Gasteiger partial charge in [-0.25, -0.2) is 0 Å². The molecule has 0 aromatic rings. The van der Waals surface area contributed by atoms with E-state index in [0.29, 0.717) is 0 Å². The molecule has 0 aliphatic carbocycles. The monoisotopic (exact) mass is 293 g/mol. The van der Waals surface area contributed by atoms with Crippen LogP contribution in [-0.4, -0.2) is 60.6 Å². The molecule has 0 aromatic carbocycles. The van der Waals surface area contributed by atoms with E-state index in [4.69, 9.17) is 0 Å². The Morgan fingerprint density at radius 3 is 2.43 bits per heavy atom. The number of piperidine rings is 2. The molecule has 0 spiro atoms. The fourth-order valence-electron chi connectivity index (χ4n) is 4.91. The lowest BCUT2D eigenvalue weighted by molar-refractivity contribution is 0.00157. The molecule has 3 heterocycles. The molecule has 4 unspecified atom stereocenters. The second kappa shape index (κ2) is 6.97. The van der Waals surface area contributed by atoms with E-state index >= 15 is 0 Å². The van der Waals surface area contributed by atoms with Crippen molar-refractivity contribution in [1.82, 2.24) is 15.1 Å². The Hall–Kier alpha value is -0.120. The number of hydrogen-bond acceptors (Lipinski definition) is 3. The van der Waals surface area contributed by atoms with E-state index < -0.39 is 0 Å². The lowest BCUT2D eigenvalue weighted by atomic mass is 9.81. The molecule has 4 atom stereocenters. The van der Waals surface area contributed by atoms with Crippen LogP contribution in [0.25, 0.3) is 0 Å². The molecule has 1 N–H and O–H groups in total. The van der Waals surface area contributed by atoms with E-state index in [1.54, 1.807) is 0 Å². The minimum atomic E-state index is 0.737. The molecule has 3 nitrogen and oxygen atoms in total. The zero-order chi connectivity index (χ0) is 14.8. The number of nitrogens with zero attached hydrogens (tertiary/aromatic N) is 2. The summed E-state index contributed by atoms with van der Waals surface area (Å²) >= 11 is 0. The van der Waals surface area contributed by atoms with Crippen molar-refractivity contribution < 1.29 is 0 Å². The van der Waals surface area contributed by atoms with Crippen LogP contribution in [0, 0.1) is 5.92 Å². The highest BCUT2D eigenvalue weighted by molar-refractivity contribution is 4.95. The Labute approximate surface area is 131 Å². The van der Waals surface area contributed by atoms with Gasteiger partial charge in [0.1, 0.15) is 0 Å². The van der Waals surface area contributed by atoms with Crippen LogP contribution >= 0.6 is 0 Å². The Kier molecular flexibility index (Phi) is 5.23. The van der Waals surface area contributed by atoms with Gasteiger partial charge in [0.15, 0.2) is 0 Å². The zero-order valence-corrected chi connectivity index (χ0v) is 14.4. The van der Waals surface area contributed by atoms with E-state index in [-0.39, 0.29) is 0 Å². The van der Waals surface area contributed by atoms with Crippen LogP contribution in [-0.2, 0) is 0 Å². The van der Waals surface area contributed by atoms with Crippen molar-refractivity contribution in [3.05, 3.63) is 0 Å². The van der Waals surface area contributed by atoms with Gasteiger partial charge >= 0.3 is 0 Å². The lowest BCUT2D eigenvalue weighted by Crippen LogP contribution is -2.57. The zero-order valence-electron chi connectivity index (χ0n) is 14.4. The summed E-state index contributed by atoms with van der Waals surface area (Å²) in [5.41, 5.74) is 0. The van der Waals surface area contributed by atoms with Crippen molar-refractivity contribution >= 4 is 0 Å². The summed E-state index contributed by atoms with van der Waals surface area (Å²) in [4.78, 5) is 5.57. The fourth-order valence-corrected chi connectivity index (χ4v) is 4.91. The van der Waals surface area contributed by atoms with Crippen LogP contribution in [0.5, 0.6) is 0 Å². The number of rotatable bonds is 2. The van der Waals surface area contributed by atoms with Crippen molar-refractivity contribution in [3.8, 4) is 0 Å². The van der Waals surface area contributed by atoms with Gasteiger partial charge in [-0.1, -0.05) is 20.3 Å². The summed E-state index contributed by atoms with van der Waals surface area (Å²) in [5.74, 6) is 0.791. The molecule has 3 heteroatoms. The molecule has 0 radical (unpaired) electrons. The quantitative estimate of drug-likeness (QED) is 0.844. The molecule has 2 bridgehead atoms. The first-order chi connectivity index (χ1) is 10.2. The number of nitrogens with one attached hydrogen (secondary N) is 1. The number of hydrogen-bond donors (Lipinski definition) is 1. The third kappa shape index (κ3) is 3.62. The van der Waals surface area contributed by atoms with Crippen molar-refractivity contribution in [1.29, 1.82) is 0 Å². The molecule has 3 aliphatic rings. The average molecular weight is 293 g/mol. The van der Waals surface area contributed by atoms with Crippen LogP contribution in [0.3, 0.4) is 0 Å². The fraction of sp³-hybridized carbons (Fsp3) is 1.00. The first kappa shape index (κ1) is 15.8. The maximum atomic E-state index is 3.76. The smallest absolute Gasteiger partial charge is 0.0125 e. The highest BCUT2D eigenvalue weighted by atomic mass is 15.2. The third-order valence-electron chi connectivity index (χ3n) is 6.39. The Balaban J connectivity index is 1.64. The average Bonchev–Trinajstić information content (AvgIpc) is 2.43. The van der Waals surface area contributed by atoms with Crippen LogP contribution in [0.15, 0.2) is 0 Å². The van der Waals surface area contributed by atoms with Crippen molar-refractivity contribution in [2.45, 2.75) is 83.0 Å². The van der Waals surface area contributed by atoms with Crippen LogP contribution in [0.2, 0.25) is 0 Å². The highest BCUT2D eigenvalue weighted by Crippen LogP contribution is 2.35. The molecule has 122 valence electrons. The molecule has 3 aliphatic heterocycles. The summed E-state index contributed by atoms with van der Waals surface area (Å²) in [5, 5.41) is 3.76. The second-order valence-electron chi connectivity index (χ2n) is 7.93. The van der Waals surface area contributed by atoms with Gasteiger partial charge in [-0.05, 0) is 64.6 Å². The summed E-state index contributed by atoms with van der Waals surface area (Å²) < 4.78 is 0. The van der Waals surface area contributed by atoms with Gasteiger partial charge in [-0.15, -0.1) is 0 Å². The largest absolute Gasteiger partial charge is 0.314 e. The van der Waals surface area contributed by atoms with Gasteiger partial charge in [0.2, 0.25) is 0 Å². The minimum Gasteiger partial charge on any atom is -0.314 e. The maximum absolute atomic E-state index is 3.76. The van der Waals surface area contributed by atoms with Crippen LogP contribution in [0.4, 0.5) is 0 Å². The molecule has 0 amide bonds. The van der Waals surface area contributed by atoms with Gasteiger partial charge in [-0.3, -0.25) is 4.90 Å². The molecular formula is C18H35N3. The van der Waals surface area contributed by atoms with Gasteiger partial charge in [0, 0.05) is 30.7 Å². The first-order valence-corrected chi connectivity index (χ1v) is 9.36. The predicted molar refractivity (Wildman–Crippen MR) is 89.6 cm³/mol. The van der Waals surface area contributed by atoms with Crippen molar-refractivity contribution in [2.75, 3.05) is 26.7 Å². The van der Waals surface area contributed by atoms with E-state index in [1.807, 2.05) is 0 Å². The van der Waals surface area contributed by atoms with E-state index in [1.165, 1.54) is 64.6 Å². The molecule has 21 heavy (non-hydrogen) atoms. The molecule has 3 rings (SSSR count). The normalized spacial score (nSPS) is 43.3. The van der Waals surface area contributed by atoms with Gasteiger partial charge in [0.25, 0.3) is 0 Å². The molecule has 3 fully saturated rings. The minimum absolute atomic E-state index is 0.737. The number of fused-ring (bicyclic) bond motifs is 2. The first-order valence-electron chi connectivity index (χ1n) is 9.36. The van der Waals surface area contributed by atoms with Crippen LogP contribution < -0.4 is 5.32 Å². The maximum Gasteiger partial charge on any atom is 0.0125 e. The Bertz CT molecular complexity index is 318. The predicted octanol–water partition coefficient (Wildman–Crippen LogP) is 2.71. The molecular weight excluding hydrogens is 258 g/mol. The van der Waals surface area contributed by atoms with Crippen LogP contribution in [0.1, 0.15) is 58.8 Å². The van der Waals surface area contributed by atoms with E-state index in [9.17, 15) is 0 Å². The third-order valence-corrected chi connectivity index (χ3v) is 6.39. The summed E-state index contributed by atoms with van der Waals surface area (Å²) in [6, 6.07) is 3.32. The lowest BCUT2D eigenvalue weighted by Gasteiger charge is -2.50. The van der Waals surface area contributed by atoms with Crippen molar-refractivity contribution in [2.24, 2.45) is 5.92 Å². The summed E-state index contributed by atoms with van der Waals surface area (Å²) in [7, 11) is 2.37. The molecule has 0 aromatic heterocycles. The molecule has 3 saturated heterocycles. The van der Waals surface area contributed by atoms with Gasteiger partial charge in [0.05, 0.1) is 0 Å². The van der Waals surface area contributed by atoms with Crippen molar-refractivity contribution in [3.63, 3.8) is 0 Å². The Morgan fingerprint density at radius 1 is 1.05 bits per heavy atom. The summed E-state index contributed by atoms with van der Waals surface area (Å²) in [6.45, 7) is 8.57. The van der Waals surface area contributed by atoms with E-state index in [2.05, 4.69) is 36.0 Å². The molecule has 0 saturated carbocycles.